The lowest BCUT2D eigenvalue weighted by Gasteiger charge is -2.30. The number of aryl methyl sites for hydroxylation is 1. The summed E-state index contributed by atoms with van der Waals surface area (Å²) in [6.07, 6.45) is 1.07. The molecule has 0 aromatic carbocycles. The van der Waals surface area contributed by atoms with Crippen LogP contribution in [0, 0.1) is 18.8 Å². The van der Waals surface area contributed by atoms with Gasteiger partial charge in [0.2, 0.25) is 5.91 Å². The first kappa shape index (κ1) is 18.2. The normalized spacial score (nSPS) is 15.4. The smallest absolute Gasteiger partial charge is 0.409 e. The molecule has 24 heavy (non-hydrogen) atoms. The van der Waals surface area contributed by atoms with E-state index in [1.807, 2.05) is 39.0 Å². The van der Waals surface area contributed by atoms with Crippen LogP contribution < -0.4 is 5.32 Å². The summed E-state index contributed by atoms with van der Waals surface area (Å²) in [5, 5.41) is 2.94. The fourth-order valence-electron chi connectivity index (χ4n) is 2.67. The van der Waals surface area contributed by atoms with Crippen molar-refractivity contribution in [1.29, 1.82) is 0 Å². The van der Waals surface area contributed by atoms with E-state index in [0.717, 1.165) is 11.4 Å². The topological polar surface area (TPSA) is 71.5 Å². The molecule has 1 aromatic heterocycles. The lowest BCUT2D eigenvalue weighted by molar-refractivity contribution is -0.126. The Kier molecular flexibility index (Phi) is 6.58. The van der Waals surface area contributed by atoms with Gasteiger partial charge in [-0.15, -0.1) is 0 Å². The minimum atomic E-state index is -0.272. The summed E-state index contributed by atoms with van der Waals surface area (Å²) >= 11 is 0. The van der Waals surface area contributed by atoms with Gasteiger partial charge in [0.15, 0.2) is 0 Å². The first-order valence-electron chi connectivity index (χ1n) is 8.57. The minimum absolute atomic E-state index is 0.0357. The van der Waals surface area contributed by atoms with E-state index >= 15 is 0 Å². The van der Waals surface area contributed by atoms with Crippen LogP contribution in [0.1, 0.15) is 38.1 Å². The van der Waals surface area contributed by atoms with Gasteiger partial charge in [-0.05, 0) is 37.8 Å². The SMILES string of the molecule is Cc1cccc(CNC(=O)C2CCN(C(=O)OCC(C)C)CC2)n1. The Labute approximate surface area is 143 Å². The van der Waals surface area contributed by atoms with E-state index < -0.39 is 0 Å². The second-order valence-electron chi connectivity index (χ2n) is 6.72. The maximum atomic E-state index is 12.3. The molecule has 1 aliphatic rings. The standard InChI is InChI=1S/C18H27N3O3/c1-13(2)12-24-18(23)21-9-7-15(8-10-21)17(22)19-11-16-6-4-5-14(3)20-16/h4-6,13,15H,7-12H2,1-3H3,(H,19,22). The van der Waals surface area contributed by atoms with Crippen molar-refractivity contribution >= 4 is 12.0 Å². The van der Waals surface area contributed by atoms with E-state index in [1.54, 1.807) is 4.90 Å². The number of hydrogen-bond donors (Lipinski definition) is 1. The van der Waals surface area contributed by atoms with Crippen molar-refractivity contribution in [1.82, 2.24) is 15.2 Å². The predicted molar refractivity (Wildman–Crippen MR) is 91.3 cm³/mol. The maximum absolute atomic E-state index is 12.3. The van der Waals surface area contributed by atoms with Gasteiger partial charge in [0.1, 0.15) is 0 Å². The average molecular weight is 333 g/mol. The summed E-state index contributed by atoms with van der Waals surface area (Å²) < 4.78 is 5.23. The van der Waals surface area contributed by atoms with E-state index in [9.17, 15) is 9.59 Å². The molecule has 0 unspecified atom stereocenters. The van der Waals surface area contributed by atoms with E-state index in [-0.39, 0.29) is 17.9 Å². The van der Waals surface area contributed by atoms with Gasteiger partial charge in [0.25, 0.3) is 0 Å². The Hall–Kier alpha value is -2.11. The molecular weight excluding hydrogens is 306 g/mol. The number of carbonyl (C=O) groups excluding carboxylic acids is 2. The molecule has 0 radical (unpaired) electrons. The first-order chi connectivity index (χ1) is 11.5. The lowest BCUT2D eigenvalue weighted by atomic mass is 9.96. The van der Waals surface area contributed by atoms with Crippen LogP contribution in [0.5, 0.6) is 0 Å². The average Bonchev–Trinajstić information content (AvgIpc) is 2.57. The molecule has 6 nitrogen and oxygen atoms in total. The Morgan fingerprint density at radius 2 is 2.04 bits per heavy atom. The summed E-state index contributed by atoms with van der Waals surface area (Å²) in [6, 6.07) is 5.77. The molecule has 132 valence electrons. The number of nitrogens with zero attached hydrogens (tertiary/aromatic N) is 2. The molecule has 1 aliphatic heterocycles. The molecule has 1 saturated heterocycles. The third-order valence-corrected chi connectivity index (χ3v) is 4.05. The number of carbonyl (C=O) groups is 2. The second kappa shape index (κ2) is 8.66. The number of piperidine rings is 1. The fourth-order valence-corrected chi connectivity index (χ4v) is 2.67. The summed E-state index contributed by atoms with van der Waals surface area (Å²) in [5.41, 5.74) is 1.80. The van der Waals surface area contributed by atoms with Gasteiger partial charge in [0, 0.05) is 24.7 Å². The first-order valence-corrected chi connectivity index (χ1v) is 8.57. The van der Waals surface area contributed by atoms with Crippen molar-refractivity contribution in [3.63, 3.8) is 0 Å². The summed E-state index contributed by atoms with van der Waals surface area (Å²) in [6.45, 7) is 7.95. The van der Waals surface area contributed by atoms with Crippen LogP contribution in [-0.4, -0.2) is 41.6 Å². The molecular formula is C18H27N3O3. The van der Waals surface area contributed by atoms with Crippen LogP contribution in [0.25, 0.3) is 0 Å². The van der Waals surface area contributed by atoms with Gasteiger partial charge in [-0.1, -0.05) is 19.9 Å². The zero-order valence-corrected chi connectivity index (χ0v) is 14.7. The molecule has 0 aliphatic carbocycles. The second-order valence-corrected chi connectivity index (χ2v) is 6.72. The molecule has 1 N–H and O–H groups in total. The highest BCUT2D eigenvalue weighted by Gasteiger charge is 2.28. The highest BCUT2D eigenvalue weighted by atomic mass is 16.6. The number of likely N-dealkylation sites (tertiary alicyclic amines) is 1. The number of hydrogen-bond acceptors (Lipinski definition) is 4. The molecule has 6 heteroatoms. The largest absolute Gasteiger partial charge is 0.449 e. The third kappa shape index (κ3) is 5.51. The monoisotopic (exact) mass is 333 g/mol. The van der Waals surface area contributed by atoms with Crippen LogP contribution >= 0.6 is 0 Å². The van der Waals surface area contributed by atoms with Crippen molar-refractivity contribution in [2.75, 3.05) is 19.7 Å². The minimum Gasteiger partial charge on any atom is -0.449 e. The summed E-state index contributed by atoms with van der Waals surface area (Å²) in [5.74, 6) is 0.310. The zero-order chi connectivity index (χ0) is 17.5. The number of rotatable bonds is 5. The van der Waals surface area contributed by atoms with E-state index in [4.69, 9.17) is 4.74 Å². The Morgan fingerprint density at radius 3 is 2.67 bits per heavy atom. The fraction of sp³-hybridized carbons (Fsp3) is 0.611. The number of aromatic nitrogens is 1. The Bertz CT molecular complexity index is 566. The molecule has 2 amide bonds. The molecule has 2 heterocycles. The van der Waals surface area contributed by atoms with E-state index in [2.05, 4.69) is 10.3 Å². The van der Waals surface area contributed by atoms with Crippen molar-refractivity contribution < 1.29 is 14.3 Å². The summed E-state index contributed by atoms with van der Waals surface area (Å²) in [7, 11) is 0. The molecule has 0 saturated carbocycles. The molecule has 0 atom stereocenters. The number of ether oxygens (including phenoxy) is 1. The van der Waals surface area contributed by atoms with E-state index in [1.165, 1.54) is 0 Å². The van der Waals surface area contributed by atoms with Crippen molar-refractivity contribution in [3.8, 4) is 0 Å². The van der Waals surface area contributed by atoms with Gasteiger partial charge >= 0.3 is 6.09 Å². The van der Waals surface area contributed by atoms with Crippen LogP contribution in [0.4, 0.5) is 4.79 Å². The Balaban J connectivity index is 1.73. The van der Waals surface area contributed by atoms with E-state index in [0.29, 0.717) is 45.0 Å². The summed E-state index contributed by atoms with van der Waals surface area (Å²) in [4.78, 5) is 30.3. The number of nitrogens with one attached hydrogen (secondary N) is 1. The number of pyridine rings is 1. The van der Waals surface area contributed by atoms with Gasteiger partial charge in [0.05, 0.1) is 18.8 Å². The van der Waals surface area contributed by atoms with Gasteiger partial charge in [-0.2, -0.15) is 0 Å². The highest BCUT2D eigenvalue weighted by molar-refractivity contribution is 5.79. The Morgan fingerprint density at radius 1 is 1.33 bits per heavy atom. The lowest BCUT2D eigenvalue weighted by Crippen LogP contribution is -2.43. The molecule has 1 aromatic rings. The highest BCUT2D eigenvalue weighted by Crippen LogP contribution is 2.18. The van der Waals surface area contributed by atoms with Crippen LogP contribution in [0.3, 0.4) is 0 Å². The van der Waals surface area contributed by atoms with Crippen molar-refractivity contribution in [2.24, 2.45) is 11.8 Å². The van der Waals surface area contributed by atoms with Gasteiger partial charge in [-0.3, -0.25) is 9.78 Å². The molecule has 0 bridgehead atoms. The van der Waals surface area contributed by atoms with Crippen LogP contribution in [-0.2, 0) is 16.1 Å². The van der Waals surface area contributed by atoms with Gasteiger partial charge < -0.3 is 15.0 Å². The number of amides is 2. The van der Waals surface area contributed by atoms with Crippen molar-refractivity contribution in [2.45, 2.75) is 40.2 Å². The third-order valence-electron chi connectivity index (χ3n) is 4.05. The van der Waals surface area contributed by atoms with Crippen molar-refractivity contribution in [3.05, 3.63) is 29.6 Å². The van der Waals surface area contributed by atoms with Crippen LogP contribution in [0.15, 0.2) is 18.2 Å². The van der Waals surface area contributed by atoms with Crippen LogP contribution in [0.2, 0.25) is 0 Å². The molecule has 2 rings (SSSR count). The predicted octanol–water partition coefficient (Wildman–Crippen LogP) is 2.51. The molecule has 0 spiro atoms. The quantitative estimate of drug-likeness (QED) is 0.899. The molecule has 1 fully saturated rings. The zero-order valence-electron chi connectivity index (χ0n) is 14.7. The maximum Gasteiger partial charge on any atom is 0.409 e. The van der Waals surface area contributed by atoms with Gasteiger partial charge in [-0.25, -0.2) is 4.79 Å².